The fraction of sp³-hybridized carbons (Fsp3) is 0.379. The first-order valence-corrected chi connectivity index (χ1v) is 12.3. The molecule has 0 saturated heterocycles. The number of methoxy groups -OCH3 is 1. The van der Waals surface area contributed by atoms with Crippen molar-refractivity contribution in [3.05, 3.63) is 84.2 Å². The second-order valence-corrected chi connectivity index (χ2v) is 8.80. The summed E-state index contributed by atoms with van der Waals surface area (Å²) in [5.74, 6) is -0.172. The zero-order chi connectivity index (χ0) is 25.0. The largest absolute Gasteiger partial charge is 0.385 e. The normalized spacial score (nSPS) is 10.8. The van der Waals surface area contributed by atoms with Gasteiger partial charge in [-0.2, -0.15) is 0 Å². The summed E-state index contributed by atoms with van der Waals surface area (Å²) < 4.78 is 7.22. The van der Waals surface area contributed by atoms with Crippen LogP contribution in [-0.4, -0.2) is 59.5 Å². The van der Waals surface area contributed by atoms with Crippen LogP contribution in [0.3, 0.4) is 0 Å². The number of hydrogen-bond acceptors (Lipinski definition) is 3. The number of ether oxygens (including phenoxy) is 1. The van der Waals surface area contributed by atoms with E-state index in [1.165, 1.54) is 0 Å². The van der Waals surface area contributed by atoms with Gasteiger partial charge in [0.05, 0.1) is 6.54 Å². The molecule has 0 atom stereocenters. The maximum absolute atomic E-state index is 13.4. The first-order valence-electron chi connectivity index (χ1n) is 12.3. The monoisotopic (exact) mass is 475 g/mol. The van der Waals surface area contributed by atoms with Gasteiger partial charge in [-0.25, -0.2) is 0 Å². The van der Waals surface area contributed by atoms with Crippen LogP contribution >= 0.6 is 0 Å². The summed E-state index contributed by atoms with van der Waals surface area (Å²) in [4.78, 5) is 30.4. The van der Waals surface area contributed by atoms with Crippen LogP contribution in [0.2, 0.25) is 0 Å². The minimum absolute atomic E-state index is 0.0358. The Morgan fingerprint density at radius 3 is 2.17 bits per heavy atom. The first-order chi connectivity index (χ1) is 17.0. The molecular formula is C29H37N3O3. The predicted molar refractivity (Wildman–Crippen MR) is 140 cm³/mol. The van der Waals surface area contributed by atoms with Crippen molar-refractivity contribution in [2.75, 3.05) is 33.4 Å². The molecule has 2 amide bonds. The van der Waals surface area contributed by atoms with Crippen molar-refractivity contribution in [1.29, 1.82) is 0 Å². The van der Waals surface area contributed by atoms with Crippen molar-refractivity contribution in [3.63, 3.8) is 0 Å². The molecule has 186 valence electrons. The highest BCUT2D eigenvalue weighted by Crippen LogP contribution is 2.20. The van der Waals surface area contributed by atoms with E-state index in [9.17, 15) is 9.59 Å². The minimum atomic E-state index is -0.136. The maximum atomic E-state index is 13.4. The zero-order valence-corrected chi connectivity index (χ0v) is 21.2. The zero-order valence-electron chi connectivity index (χ0n) is 21.2. The molecule has 0 spiro atoms. The van der Waals surface area contributed by atoms with Crippen LogP contribution in [0.15, 0.2) is 72.9 Å². The molecule has 0 bridgehead atoms. The molecule has 0 aliphatic heterocycles. The summed E-state index contributed by atoms with van der Waals surface area (Å²) in [6.07, 6.45) is 4.58. The van der Waals surface area contributed by atoms with Gasteiger partial charge in [0.2, 0.25) is 5.91 Å². The van der Waals surface area contributed by atoms with Crippen LogP contribution in [0, 0.1) is 0 Å². The molecule has 2 aromatic carbocycles. The summed E-state index contributed by atoms with van der Waals surface area (Å²) in [5, 5.41) is 0. The van der Waals surface area contributed by atoms with Gasteiger partial charge in [-0.15, -0.1) is 0 Å². The van der Waals surface area contributed by atoms with Gasteiger partial charge < -0.3 is 19.1 Å². The number of aromatic nitrogens is 1. The Morgan fingerprint density at radius 2 is 1.54 bits per heavy atom. The molecule has 3 rings (SSSR count). The number of benzene rings is 2. The number of unbranched alkanes of at least 4 members (excludes halogenated alkanes) is 1. The van der Waals surface area contributed by atoms with Gasteiger partial charge in [-0.05, 0) is 48.2 Å². The van der Waals surface area contributed by atoms with Crippen LogP contribution in [-0.2, 0) is 23.1 Å². The molecule has 0 fully saturated rings. The van der Waals surface area contributed by atoms with Crippen LogP contribution in [0.4, 0.5) is 0 Å². The fourth-order valence-electron chi connectivity index (χ4n) is 4.03. The van der Waals surface area contributed by atoms with Gasteiger partial charge in [-0.1, -0.05) is 55.8 Å². The Bertz CT molecular complexity index is 1060. The third kappa shape index (κ3) is 7.55. The quantitative estimate of drug-likeness (QED) is 0.327. The number of carbonyl (C=O) groups excluding carboxylic acids is 2. The molecule has 6 heteroatoms. The number of aryl methyl sites for hydroxylation is 1. The lowest BCUT2D eigenvalue weighted by atomic mass is 10.0. The standard InChI is InChI=1S/C29H37N3O3/c1-4-5-19-31(22-27-13-9-18-30(27)2)28(33)23-32(20-10-21-35-3)29(34)26-16-14-25(15-17-26)24-11-7-6-8-12-24/h6-9,11-18H,4-5,10,19-23H2,1-3H3. The van der Waals surface area contributed by atoms with Crippen molar-refractivity contribution >= 4 is 11.8 Å². The number of nitrogens with zero attached hydrogens (tertiary/aromatic N) is 3. The van der Waals surface area contributed by atoms with Crippen molar-refractivity contribution in [2.24, 2.45) is 7.05 Å². The number of rotatable bonds is 13. The summed E-state index contributed by atoms with van der Waals surface area (Å²) in [6, 6.07) is 21.7. The van der Waals surface area contributed by atoms with Crippen LogP contribution in [0.5, 0.6) is 0 Å². The average molecular weight is 476 g/mol. The highest BCUT2D eigenvalue weighted by Gasteiger charge is 2.23. The SMILES string of the molecule is CCCCN(Cc1cccn1C)C(=O)CN(CCCOC)C(=O)c1ccc(-c2ccccc2)cc1. The van der Waals surface area contributed by atoms with E-state index in [-0.39, 0.29) is 18.4 Å². The Labute approximate surface area is 209 Å². The van der Waals surface area contributed by atoms with Gasteiger partial charge in [0.25, 0.3) is 5.91 Å². The second kappa shape index (κ2) is 13.5. The average Bonchev–Trinajstić information content (AvgIpc) is 3.30. The lowest BCUT2D eigenvalue weighted by molar-refractivity contribution is -0.132. The van der Waals surface area contributed by atoms with Crippen molar-refractivity contribution in [1.82, 2.24) is 14.4 Å². The molecule has 0 saturated carbocycles. The summed E-state index contributed by atoms with van der Waals surface area (Å²) >= 11 is 0. The molecule has 0 radical (unpaired) electrons. The molecule has 0 aliphatic carbocycles. The summed E-state index contributed by atoms with van der Waals surface area (Å²) in [6.45, 7) is 4.38. The summed E-state index contributed by atoms with van der Waals surface area (Å²) in [5.41, 5.74) is 3.81. The highest BCUT2D eigenvalue weighted by atomic mass is 16.5. The third-order valence-corrected chi connectivity index (χ3v) is 6.17. The Morgan fingerprint density at radius 1 is 0.857 bits per heavy atom. The fourth-order valence-corrected chi connectivity index (χ4v) is 4.03. The molecule has 35 heavy (non-hydrogen) atoms. The van der Waals surface area contributed by atoms with E-state index in [1.54, 1.807) is 12.0 Å². The van der Waals surface area contributed by atoms with Gasteiger partial charge in [0.15, 0.2) is 0 Å². The van der Waals surface area contributed by atoms with Crippen molar-refractivity contribution in [3.8, 4) is 11.1 Å². The van der Waals surface area contributed by atoms with Crippen molar-refractivity contribution in [2.45, 2.75) is 32.7 Å². The van der Waals surface area contributed by atoms with Crippen LogP contribution < -0.4 is 0 Å². The van der Waals surface area contributed by atoms with Crippen molar-refractivity contribution < 1.29 is 14.3 Å². The van der Waals surface area contributed by atoms with E-state index < -0.39 is 0 Å². The molecule has 0 N–H and O–H groups in total. The van der Waals surface area contributed by atoms with E-state index in [0.29, 0.717) is 38.2 Å². The van der Waals surface area contributed by atoms with Gasteiger partial charge in [0, 0.05) is 51.3 Å². The Hall–Kier alpha value is -3.38. The van der Waals surface area contributed by atoms with Crippen LogP contribution in [0.1, 0.15) is 42.2 Å². The predicted octanol–water partition coefficient (Wildman–Crippen LogP) is 5.00. The van der Waals surface area contributed by atoms with Gasteiger partial charge in [0.1, 0.15) is 6.54 Å². The lowest BCUT2D eigenvalue weighted by Crippen LogP contribution is -2.43. The maximum Gasteiger partial charge on any atom is 0.254 e. The third-order valence-electron chi connectivity index (χ3n) is 6.17. The minimum Gasteiger partial charge on any atom is -0.385 e. The topological polar surface area (TPSA) is 54.8 Å². The molecule has 1 aromatic heterocycles. The Kier molecular flexibility index (Phi) is 10.1. The number of hydrogen-bond donors (Lipinski definition) is 0. The highest BCUT2D eigenvalue weighted by molar-refractivity contribution is 5.97. The lowest BCUT2D eigenvalue weighted by Gasteiger charge is -2.28. The number of carbonyl (C=O) groups is 2. The molecule has 6 nitrogen and oxygen atoms in total. The van der Waals surface area contributed by atoms with Crippen LogP contribution in [0.25, 0.3) is 11.1 Å². The Balaban J connectivity index is 1.75. The smallest absolute Gasteiger partial charge is 0.254 e. The summed E-state index contributed by atoms with van der Waals surface area (Å²) in [7, 11) is 3.63. The van der Waals surface area contributed by atoms with E-state index in [1.807, 2.05) is 89.4 Å². The molecule has 3 aromatic rings. The van der Waals surface area contributed by atoms with E-state index >= 15 is 0 Å². The molecule has 0 unspecified atom stereocenters. The van der Waals surface area contributed by atoms with E-state index in [2.05, 4.69) is 6.92 Å². The van der Waals surface area contributed by atoms with E-state index in [0.717, 1.165) is 29.7 Å². The van der Waals surface area contributed by atoms with E-state index in [4.69, 9.17) is 4.74 Å². The molecular weight excluding hydrogens is 438 g/mol. The molecule has 0 aliphatic rings. The number of amides is 2. The van der Waals surface area contributed by atoms with Gasteiger partial charge >= 0.3 is 0 Å². The second-order valence-electron chi connectivity index (χ2n) is 8.80. The first kappa shape index (κ1) is 26.2. The van der Waals surface area contributed by atoms with Gasteiger partial charge in [-0.3, -0.25) is 9.59 Å². The molecule has 1 heterocycles.